The van der Waals surface area contributed by atoms with Crippen LogP contribution < -0.4 is 5.73 Å². The Bertz CT molecular complexity index is 1050. The molecule has 2 aliphatic rings. The average Bonchev–Trinajstić information content (AvgIpc) is 3.27. The van der Waals surface area contributed by atoms with Crippen LogP contribution in [0.4, 0.5) is 0 Å². The van der Waals surface area contributed by atoms with Crippen molar-refractivity contribution < 1.29 is 31.0 Å². The van der Waals surface area contributed by atoms with Crippen molar-refractivity contribution in [2.45, 2.75) is 63.3 Å². The Labute approximate surface area is 196 Å². The molecule has 1 saturated heterocycles. The van der Waals surface area contributed by atoms with Gasteiger partial charge in [-0.2, -0.15) is 8.42 Å². The molecular formula is C18H33N5O7SSi2. The van der Waals surface area contributed by atoms with Crippen LogP contribution in [0.5, 0.6) is 0 Å². The molecule has 0 aliphatic carbocycles. The molecule has 1 aromatic heterocycles. The molecule has 186 valence electrons. The van der Waals surface area contributed by atoms with Gasteiger partial charge in [0.15, 0.2) is 28.5 Å². The number of rotatable bonds is 7. The Kier molecular flexibility index (Phi) is 6.73. The molecule has 0 radical (unpaired) electrons. The molecule has 2 aliphatic heterocycles. The fourth-order valence-electron chi connectivity index (χ4n) is 3.71. The summed E-state index contributed by atoms with van der Waals surface area (Å²) in [7, 11) is -5.24. The fourth-order valence-corrected chi connectivity index (χ4v) is 6.64. The van der Waals surface area contributed by atoms with Gasteiger partial charge in [-0.05, 0) is 39.3 Å². The molecule has 2 N–H and O–H groups in total. The molecule has 0 bridgehead atoms. The highest BCUT2D eigenvalue weighted by molar-refractivity contribution is 7.90. The number of ether oxygens (including phenoxy) is 1. The van der Waals surface area contributed by atoms with Crippen molar-refractivity contribution in [2.75, 3.05) is 20.7 Å². The number of carbonyl (C=O) groups is 1. The molecule has 3 rings (SSSR count). The summed E-state index contributed by atoms with van der Waals surface area (Å²) in [4.78, 5) is 14.1. The monoisotopic (exact) mass is 519 g/mol. The standard InChI is InChI=1S/C18H33N5O7SSi2/c1-22(2)16(24)12-9-20-21-23(12)17-15(29-33(6,7)8)18(13(19)11-31(25,26)30-18)14(28-17)10-27-32(3,4)5/h9,11,14-15,17H,10,19H2,1-8H3/t14?,15-,17+,18?/m0/s1. The zero-order chi connectivity index (χ0) is 25.0. The second-order valence-corrected chi connectivity index (χ2v) is 20.7. The van der Waals surface area contributed by atoms with Gasteiger partial charge in [-0.15, -0.1) is 5.10 Å². The van der Waals surface area contributed by atoms with Gasteiger partial charge in [-0.1, -0.05) is 5.21 Å². The van der Waals surface area contributed by atoms with Crippen LogP contribution in [0.1, 0.15) is 16.7 Å². The molecule has 0 saturated carbocycles. The maximum atomic E-state index is 12.7. The first-order valence-electron chi connectivity index (χ1n) is 10.5. The summed E-state index contributed by atoms with van der Waals surface area (Å²) in [5.41, 5.74) is 4.74. The fraction of sp³-hybridized carbons (Fsp3) is 0.722. The minimum atomic E-state index is -4.09. The van der Waals surface area contributed by atoms with Gasteiger partial charge in [-0.3, -0.25) is 4.79 Å². The van der Waals surface area contributed by atoms with Crippen LogP contribution >= 0.6 is 0 Å². The SMILES string of the molecule is CN(C)C(=O)c1cnnn1[C@@H]1OC(CO[Si](C)(C)C)C2(OS(=O)(=O)C=C2N)[C@H]1O[Si](C)(C)C. The average molecular weight is 520 g/mol. The van der Waals surface area contributed by atoms with Crippen molar-refractivity contribution in [3.63, 3.8) is 0 Å². The third kappa shape index (κ3) is 5.23. The minimum absolute atomic E-state index is 0.0213. The van der Waals surface area contributed by atoms with E-state index in [0.29, 0.717) is 0 Å². The second kappa shape index (κ2) is 8.55. The molecule has 1 aromatic rings. The van der Waals surface area contributed by atoms with E-state index in [1.807, 2.05) is 39.3 Å². The van der Waals surface area contributed by atoms with Crippen LogP contribution in [0.3, 0.4) is 0 Å². The van der Waals surface area contributed by atoms with E-state index < -0.39 is 50.8 Å². The number of nitrogens with two attached hydrogens (primary N) is 1. The summed E-state index contributed by atoms with van der Waals surface area (Å²) in [5, 5.41) is 8.84. The third-order valence-corrected chi connectivity index (χ3v) is 8.07. The lowest BCUT2D eigenvalue weighted by Crippen LogP contribution is -2.57. The van der Waals surface area contributed by atoms with E-state index in [-0.39, 0.29) is 23.9 Å². The van der Waals surface area contributed by atoms with Crippen LogP contribution in [-0.4, -0.2) is 89.4 Å². The smallest absolute Gasteiger partial charge is 0.292 e. The molecule has 15 heteroatoms. The Morgan fingerprint density at radius 1 is 1.24 bits per heavy atom. The zero-order valence-corrected chi connectivity index (χ0v) is 23.0. The maximum absolute atomic E-state index is 12.7. The quantitative estimate of drug-likeness (QED) is 0.406. The van der Waals surface area contributed by atoms with Gasteiger partial charge in [0.05, 0.1) is 23.9 Å². The zero-order valence-electron chi connectivity index (χ0n) is 20.2. The van der Waals surface area contributed by atoms with Crippen molar-refractivity contribution in [1.82, 2.24) is 19.9 Å². The Balaban J connectivity index is 2.16. The summed E-state index contributed by atoms with van der Waals surface area (Å²) in [6, 6.07) is 0. The minimum Gasteiger partial charge on any atom is -0.415 e. The van der Waals surface area contributed by atoms with Gasteiger partial charge in [0.1, 0.15) is 17.9 Å². The molecule has 4 atom stereocenters. The first-order valence-corrected chi connectivity index (χ1v) is 18.8. The number of nitrogens with zero attached hydrogens (tertiary/aromatic N) is 4. The lowest BCUT2D eigenvalue weighted by molar-refractivity contribution is -0.0594. The van der Waals surface area contributed by atoms with Crippen LogP contribution in [0.15, 0.2) is 17.3 Å². The highest BCUT2D eigenvalue weighted by Crippen LogP contribution is 2.49. The molecule has 3 heterocycles. The normalized spacial score (nSPS) is 29.5. The number of hydrogen-bond acceptors (Lipinski definition) is 10. The van der Waals surface area contributed by atoms with Crippen LogP contribution in [0.2, 0.25) is 39.3 Å². The summed E-state index contributed by atoms with van der Waals surface area (Å²) in [5.74, 6) is -0.352. The van der Waals surface area contributed by atoms with Crippen molar-refractivity contribution in [3.8, 4) is 0 Å². The molecular weight excluding hydrogens is 486 g/mol. The van der Waals surface area contributed by atoms with E-state index in [1.54, 1.807) is 14.1 Å². The predicted octanol–water partition coefficient (Wildman–Crippen LogP) is 0.848. The third-order valence-electron chi connectivity index (χ3n) is 5.03. The first kappa shape index (κ1) is 26.0. The van der Waals surface area contributed by atoms with Crippen molar-refractivity contribution >= 4 is 32.7 Å². The lowest BCUT2D eigenvalue weighted by Gasteiger charge is -2.37. The number of carbonyl (C=O) groups excluding carboxylic acids is 1. The van der Waals surface area contributed by atoms with Gasteiger partial charge >= 0.3 is 0 Å². The lowest BCUT2D eigenvalue weighted by atomic mass is 9.89. The van der Waals surface area contributed by atoms with Gasteiger partial charge in [0.2, 0.25) is 0 Å². The van der Waals surface area contributed by atoms with E-state index in [2.05, 4.69) is 10.3 Å². The van der Waals surface area contributed by atoms with Crippen LogP contribution in [0.25, 0.3) is 0 Å². The Morgan fingerprint density at radius 3 is 2.36 bits per heavy atom. The van der Waals surface area contributed by atoms with E-state index in [1.165, 1.54) is 15.8 Å². The second-order valence-electron chi connectivity index (χ2n) is 10.3. The highest BCUT2D eigenvalue weighted by atomic mass is 32.2. The van der Waals surface area contributed by atoms with Gasteiger partial charge in [-0.25, -0.2) is 8.86 Å². The summed E-state index contributed by atoms with van der Waals surface area (Å²) in [6.07, 6.45) is -1.67. The number of amides is 1. The van der Waals surface area contributed by atoms with E-state index >= 15 is 0 Å². The van der Waals surface area contributed by atoms with Crippen LogP contribution in [0, 0.1) is 0 Å². The molecule has 2 unspecified atom stereocenters. The van der Waals surface area contributed by atoms with Crippen LogP contribution in [-0.2, 0) is 27.9 Å². The van der Waals surface area contributed by atoms with Crippen molar-refractivity contribution in [3.05, 3.63) is 23.0 Å². The van der Waals surface area contributed by atoms with Crippen molar-refractivity contribution in [1.29, 1.82) is 0 Å². The topological polar surface area (TPSA) is 148 Å². The molecule has 33 heavy (non-hydrogen) atoms. The summed E-state index contributed by atoms with van der Waals surface area (Å²) in [6.45, 7) is 11.9. The summed E-state index contributed by atoms with van der Waals surface area (Å²) < 4.78 is 50.8. The molecule has 1 fully saturated rings. The maximum Gasteiger partial charge on any atom is 0.292 e. The van der Waals surface area contributed by atoms with Gasteiger partial charge in [0.25, 0.3) is 16.0 Å². The van der Waals surface area contributed by atoms with Gasteiger partial charge in [0, 0.05) is 14.1 Å². The predicted molar refractivity (Wildman–Crippen MR) is 124 cm³/mol. The molecule has 1 spiro atoms. The van der Waals surface area contributed by atoms with E-state index in [4.69, 9.17) is 23.5 Å². The number of aromatic nitrogens is 3. The molecule has 0 aromatic carbocycles. The molecule has 12 nitrogen and oxygen atoms in total. The van der Waals surface area contributed by atoms with E-state index in [9.17, 15) is 13.2 Å². The van der Waals surface area contributed by atoms with E-state index in [0.717, 1.165) is 5.41 Å². The van der Waals surface area contributed by atoms with Crippen molar-refractivity contribution in [2.24, 2.45) is 5.73 Å². The first-order chi connectivity index (χ1) is 15.0. The van der Waals surface area contributed by atoms with Gasteiger partial charge < -0.3 is 24.2 Å². The Hall–Kier alpha value is -1.63. The summed E-state index contributed by atoms with van der Waals surface area (Å²) >= 11 is 0. The largest absolute Gasteiger partial charge is 0.415 e. The molecule has 1 amide bonds. The highest BCUT2D eigenvalue weighted by Gasteiger charge is 2.66. The Morgan fingerprint density at radius 2 is 1.88 bits per heavy atom. The number of hydrogen-bond donors (Lipinski definition) is 1.